The lowest BCUT2D eigenvalue weighted by molar-refractivity contribution is -0.142. The molecular formula is C47H57N11O7. The van der Waals surface area contributed by atoms with Gasteiger partial charge >= 0.3 is 5.97 Å². The summed E-state index contributed by atoms with van der Waals surface area (Å²) in [6, 6.07) is 16.8. The van der Waals surface area contributed by atoms with Gasteiger partial charge in [-0.15, -0.1) is 0 Å². The van der Waals surface area contributed by atoms with Crippen LogP contribution in [0.2, 0.25) is 0 Å². The van der Waals surface area contributed by atoms with Gasteiger partial charge in [0.1, 0.15) is 30.2 Å². The number of aromatic amines is 3. The van der Waals surface area contributed by atoms with Crippen molar-refractivity contribution in [2.45, 2.75) is 95.0 Å². The summed E-state index contributed by atoms with van der Waals surface area (Å²) >= 11 is 0. The van der Waals surface area contributed by atoms with Crippen LogP contribution < -0.4 is 38.1 Å². The Hall–Kier alpha value is -7.31. The quantitative estimate of drug-likeness (QED) is 0.0416. The highest BCUT2D eigenvalue weighted by Gasteiger charge is 2.33. The molecule has 0 bridgehead atoms. The number of benzene rings is 3. The van der Waals surface area contributed by atoms with Gasteiger partial charge in [0, 0.05) is 71.3 Å². The highest BCUT2D eigenvalue weighted by atomic mass is 16.4. The van der Waals surface area contributed by atoms with Crippen LogP contribution in [0.25, 0.3) is 21.8 Å². The smallest absolute Gasteiger partial charge is 0.326 e. The number of nitrogens with zero attached hydrogens (tertiary/aromatic N) is 1. The number of carbonyl (C=O) groups is 6. The van der Waals surface area contributed by atoms with E-state index in [-0.39, 0.29) is 32.1 Å². The Morgan fingerprint density at radius 1 is 0.662 bits per heavy atom. The van der Waals surface area contributed by atoms with Gasteiger partial charge in [-0.25, -0.2) is 9.78 Å². The maximum Gasteiger partial charge on any atom is 0.326 e. The zero-order valence-electron chi connectivity index (χ0n) is 36.4. The van der Waals surface area contributed by atoms with Crippen molar-refractivity contribution in [3.63, 3.8) is 0 Å². The number of carboxylic acid groups (broad SMARTS) is 1. The van der Waals surface area contributed by atoms with Crippen LogP contribution in [0, 0.1) is 6.92 Å². The monoisotopic (exact) mass is 887 g/mol. The van der Waals surface area contributed by atoms with Crippen molar-refractivity contribution in [1.82, 2.24) is 46.5 Å². The number of nitrogens with two attached hydrogens (primary N) is 2. The van der Waals surface area contributed by atoms with Gasteiger partial charge in [0.15, 0.2) is 0 Å². The number of hydrogen-bond donors (Lipinski definition) is 11. The van der Waals surface area contributed by atoms with E-state index in [1.165, 1.54) is 13.3 Å². The number of para-hydroxylation sites is 2. The molecular weight excluding hydrogens is 831 g/mol. The lowest BCUT2D eigenvalue weighted by atomic mass is 10.0. The Balaban J connectivity index is 1.23. The summed E-state index contributed by atoms with van der Waals surface area (Å²) < 4.78 is 0. The summed E-state index contributed by atoms with van der Waals surface area (Å²) in [6.45, 7) is 3.69. The molecule has 0 saturated carbocycles. The minimum atomic E-state index is -1.28. The van der Waals surface area contributed by atoms with Crippen LogP contribution in [-0.4, -0.2) is 103 Å². The molecule has 6 aromatic rings. The first-order chi connectivity index (χ1) is 31.3. The molecule has 65 heavy (non-hydrogen) atoms. The fraction of sp³-hybridized carbons (Fsp3) is 0.340. The summed E-state index contributed by atoms with van der Waals surface area (Å²) in [5.41, 5.74) is 17.1. The molecule has 6 atom stereocenters. The zero-order chi connectivity index (χ0) is 46.5. The van der Waals surface area contributed by atoms with Gasteiger partial charge in [0.05, 0.1) is 12.4 Å². The van der Waals surface area contributed by atoms with Gasteiger partial charge in [-0.05, 0) is 68.5 Å². The summed E-state index contributed by atoms with van der Waals surface area (Å²) in [7, 11) is 0. The average Bonchev–Trinajstić information content (AvgIpc) is 4.04. The first kappa shape index (κ1) is 47.2. The lowest BCUT2D eigenvalue weighted by Crippen LogP contribution is -2.59. The summed E-state index contributed by atoms with van der Waals surface area (Å²) in [5.74, 6) is -4.66. The SMILES string of the molecule is Cc1[nH]c2ccccc2c1C[C@@H](NC(=O)[C@@H](N)Cc1cnc[nH]1)C(=O)N[C@@H](C)C(=O)N[C@@H](Cc1c[nH]c2ccccc12)C(=O)N[C@H](Cc1ccccc1)C(=O)N[C@@H](CCCCN)C(=O)O. The van der Waals surface area contributed by atoms with E-state index < -0.39 is 71.8 Å². The maximum atomic E-state index is 14.4. The van der Waals surface area contributed by atoms with Crippen LogP contribution in [0.3, 0.4) is 0 Å². The Morgan fingerprint density at radius 3 is 1.95 bits per heavy atom. The van der Waals surface area contributed by atoms with E-state index in [2.05, 4.69) is 46.5 Å². The van der Waals surface area contributed by atoms with E-state index in [9.17, 15) is 33.9 Å². The molecule has 3 aromatic heterocycles. The number of H-pyrrole nitrogens is 3. The topological polar surface area (TPSA) is 295 Å². The van der Waals surface area contributed by atoms with Gasteiger partial charge in [-0.3, -0.25) is 24.0 Å². The number of hydrogen-bond acceptors (Lipinski definition) is 9. The van der Waals surface area contributed by atoms with Crippen LogP contribution in [0.1, 0.15) is 54.3 Å². The molecule has 0 aliphatic carbocycles. The highest BCUT2D eigenvalue weighted by Crippen LogP contribution is 2.24. The molecule has 342 valence electrons. The second-order valence-corrected chi connectivity index (χ2v) is 16.2. The number of carbonyl (C=O) groups excluding carboxylic acids is 5. The van der Waals surface area contributed by atoms with Crippen LogP contribution in [0.15, 0.2) is 97.6 Å². The van der Waals surface area contributed by atoms with Crippen molar-refractivity contribution in [3.8, 4) is 0 Å². The molecule has 0 saturated heterocycles. The van der Waals surface area contributed by atoms with Crippen LogP contribution in [0.4, 0.5) is 0 Å². The summed E-state index contributed by atoms with van der Waals surface area (Å²) in [4.78, 5) is 95.7. The second kappa shape index (κ2) is 22.4. The van der Waals surface area contributed by atoms with Gasteiger partial charge in [-0.1, -0.05) is 66.7 Å². The van der Waals surface area contributed by atoms with E-state index in [4.69, 9.17) is 11.5 Å². The molecule has 0 fully saturated rings. The number of rotatable bonds is 23. The number of aryl methyl sites for hydroxylation is 1. The van der Waals surface area contributed by atoms with Crippen molar-refractivity contribution >= 4 is 57.3 Å². The minimum absolute atomic E-state index is 0.0162. The predicted octanol–water partition coefficient (Wildman–Crippen LogP) is 1.94. The third-order valence-corrected chi connectivity index (χ3v) is 11.4. The average molecular weight is 888 g/mol. The molecule has 0 aliphatic rings. The van der Waals surface area contributed by atoms with Crippen molar-refractivity contribution < 1.29 is 33.9 Å². The predicted molar refractivity (Wildman–Crippen MR) is 245 cm³/mol. The normalized spacial score (nSPS) is 14.1. The van der Waals surface area contributed by atoms with Crippen molar-refractivity contribution in [2.24, 2.45) is 11.5 Å². The molecule has 5 amide bonds. The van der Waals surface area contributed by atoms with Crippen molar-refractivity contribution in [3.05, 3.63) is 126 Å². The molecule has 13 N–H and O–H groups in total. The van der Waals surface area contributed by atoms with Gasteiger partial charge < -0.3 is 58.1 Å². The number of amides is 5. The third kappa shape index (κ3) is 12.7. The summed E-state index contributed by atoms with van der Waals surface area (Å²) in [6.07, 6.45) is 6.11. The van der Waals surface area contributed by atoms with E-state index >= 15 is 0 Å². The van der Waals surface area contributed by atoms with Gasteiger partial charge in [-0.2, -0.15) is 0 Å². The van der Waals surface area contributed by atoms with Gasteiger partial charge in [0.2, 0.25) is 29.5 Å². The largest absolute Gasteiger partial charge is 0.480 e. The maximum absolute atomic E-state index is 14.4. The van der Waals surface area contributed by atoms with Crippen molar-refractivity contribution in [1.29, 1.82) is 0 Å². The first-order valence-corrected chi connectivity index (χ1v) is 21.6. The Morgan fingerprint density at radius 2 is 1.26 bits per heavy atom. The van der Waals surface area contributed by atoms with Gasteiger partial charge in [0.25, 0.3) is 0 Å². The fourth-order valence-electron chi connectivity index (χ4n) is 7.78. The number of nitrogens with one attached hydrogen (secondary N) is 8. The number of aromatic nitrogens is 4. The van der Waals surface area contributed by atoms with E-state index in [0.29, 0.717) is 36.2 Å². The molecule has 18 heteroatoms. The van der Waals surface area contributed by atoms with Crippen LogP contribution in [-0.2, 0) is 54.5 Å². The number of aliphatic carboxylic acids is 1. The first-order valence-electron chi connectivity index (χ1n) is 21.6. The molecule has 0 spiro atoms. The fourth-order valence-corrected chi connectivity index (χ4v) is 7.78. The molecule has 0 unspecified atom stereocenters. The third-order valence-electron chi connectivity index (χ3n) is 11.4. The van der Waals surface area contributed by atoms with Crippen LogP contribution in [0.5, 0.6) is 0 Å². The number of fused-ring (bicyclic) bond motifs is 2. The number of imidazole rings is 1. The van der Waals surface area contributed by atoms with Crippen molar-refractivity contribution in [2.75, 3.05) is 6.54 Å². The molecule has 0 radical (unpaired) electrons. The molecule has 3 heterocycles. The summed E-state index contributed by atoms with van der Waals surface area (Å²) in [5, 5.41) is 25.3. The van der Waals surface area contributed by atoms with E-state index in [1.807, 2.05) is 55.5 Å². The highest BCUT2D eigenvalue weighted by molar-refractivity contribution is 5.97. The Bertz CT molecular complexity index is 2570. The number of unbranched alkanes of at least 4 members (excludes halogenated alkanes) is 1. The Kier molecular flexibility index (Phi) is 16.2. The zero-order valence-corrected chi connectivity index (χ0v) is 36.4. The molecule has 0 aliphatic heterocycles. The molecule has 18 nitrogen and oxygen atoms in total. The standard InChI is InChI=1S/C47H57N11O7/c1-27-34(33-15-7-9-17-37(33)53-27)23-41(57-43(60)35(49)22-31-25-50-26-52-31)44(61)54-28(2)42(59)56-40(21-30-24-51-36-16-8-6-14-32(30)36)46(63)58-39(20-29-12-4-3-5-13-29)45(62)55-38(47(64)65)18-10-11-19-48/h3-9,12-17,24-26,28,35,38-41,51,53H,10-11,18-23,48-49H2,1-2H3,(H,50,52)(H,54,61)(H,55,62)(H,56,59)(H,57,60)(H,58,63)(H,64,65)/t28-,35-,38-,39+,40-,41+/m0/s1. The van der Waals surface area contributed by atoms with E-state index in [0.717, 1.165) is 33.1 Å². The minimum Gasteiger partial charge on any atom is -0.480 e. The molecule has 3 aromatic carbocycles. The van der Waals surface area contributed by atoms with Crippen LogP contribution >= 0.6 is 0 Å². The second-order valence-electron chi connectivity index (χ2n) is 16.2. The Labute approximate surface area is 375 Å². The van der Waals surface area contributed by atoms with E-state index in [1.54, 1.807) is 42.7 Å². The molecule has 6 rings (SSSR count). The number of carboxylic acids is 1. The lowest BCUT2D eigenvalue weighted by Gasteiger charge is -2.26.